The van der Waals surface area contributed by atoms with Gasteiger partial charge in [0, 0.05) is 45.0 Å². The van der Waals surface area contributed by atoms with Crippen LogP contribution in [0.4, 0.5) is 10.1 Å². The second kappa shape index (κ2) is 7.95. The molecule has 1 fully saturated rings. The predicted octanol–water partition coefficient (Wildman–Crippen LogP) is 0.283. The summed E-state index contributed by atoms with van der Waals surface area (Å²) < 4.78 is 12.9. The highest BCUT2D eigenvalue weighted by Gasteiger charge is 2.16. The summed E-state index contributed by atoms with van der Waals surface area (Å²) in [6, 6.07) is 6.64. The van der Waals surface area contributed by atoms with E-state index in [1.165, 1.54) is 12.1 Å². The van der Waals surface area contributed by atoms with Gasteiger partial charge in [0.1, 0.15) is 5.82 Å². The van der Waals surface area contributed by atoms with Crippen LogP contribution in [0.25, 0.3) is 0 Å². The van der Waals surface area contributed by atoms with E-state index in [0.717, 1.165) is 38.4 Å². The number of nitrogens with zero attached hydrogens (tertiary/aromatic N) is 2. The van der Waals surface area contributed by atoms with Gasteiger partial charge >= 0.3 is 0 Å². The van der Waals surface area contributed by atoms with Crippen molar-refractivity contribution >= 4 is 11.6 Å². The van der Waals surface area contributed by atoms with E-state index >= 15 is 0 Å². The summed E-state index contributed by atoms with van der Waals surface area (Å²) in [7, 11) is 1.76. The molecule has 1 aromatic carbocycles. The van der Waals surface area contributed by atoms with Gasteiger partial charge in [-0.3, -0.25) is 9.69 Å². The molecule has 0 radical (unpaired) electrons. The second-order valence-corrected chi connectivity index (χ2v) is 5.19. The van der Waals surface area contributed by atoms with Crippen molar-refractivity contribution in [2.75, 3.05) is 57.8 Å². The standard InChI is InChI=1S/C15H23FN4O/c1-17-12-15(21)18-6-7-19-8-10-20(11-9-19)14-4-2-13(16)3-5-14/h2-5,17H,6-12H2,1H3,(H,18,21). The Hall–Kier alpha value is -1.66. The minimum Gasteiger partial charge on any atom is -0.369 e. The van der Waals surface area contributed by atoms with Crippen molar-refractivity contribution in [2.24, 2.45) is 0 Å². The number of likely N-dealkylation sites (N-methyl/N-ethyl adjacent to an activating group) is 1. The zero-order valence-electron chi connectivity index (χ0n) is 12.4. The van der Waals surface area contributed by atoms with Gasteiger partial charge in [-0.15, -0.1) is 0 Å². The van der Waals surface area contributed by atoms with Gasteiger partial charge in [0.25, 0.3) is 0 Å². The molecule has 1 saturated heterocycles. The third-order valence-electron chi connectivity index (χ3n) is 3.65. The van der Waals surface area contributed by atoms with Crippen molar-refractivity contribution in [3.63, 3.8) is 0 Å². The zero-order valence-corrected chi connectivity index (χ0v) is 12.4. The lowest BCUT2D eigenvalue weighted by atomic mass is 10.2. The summed E-state index contributed by atoms with van der Waals surface area (Å²) in [4.78, 5) is 15.9. The van der Waals surface area contributed by atoms with Gasteiger partial charge in [0.2, 0.25) is 5.91 Å². The van der Waals surface area contributed by atoms with Gasteiger partial charge in [0.05, 0.1) is 6.54 Å². The number of rotatable bonds is 6. The first-order chi connectivity index (χ1) is 10.2. The van der Waals surface area contributed by atoms with Crippen LogP contribution in [0.15, 0.2) is 24.3 Å². The molecular formula is C15H23FN4O. The molecule has 6 heteroatoms. The number of halogens is 1. The summed E-state index contributed by atoms with van der Waals surface area (Å²) >= 11 is 0. The molecule has 0 aliphatic carbocycles. The second-order valence-electron chi connectivity index (χ2n) is 5.19. The van der Waals surface area contributed by atoms with E-state index in [2.05, 4.69) is 20.4 Å². The molecule has 0 saturated carbocycles. The number of nitrogens with one attached hydrogen (secondary N) is 2. The number of amides is 1. The van der Waals surface area contributed by atoms with E-state index in [4.69, 9.17) is 0 Å². The highest BCUT2D eigenvalue weighted by atomic mass is 19.1. The third-order valence-corrected chi connectivity index (χ3v) is 3.65. The fourth-order valence-corrected chi connectivity index (χ4v) is 2.46. The molecule has 5 nitrogen and oxygen atoms in total. The lowest BCUT2D eigenvalue weighted by Gasteiger charge is -2.36. The molecule has 1 aromatic rings. The molecule has 1 amide bonds. The maximum atomic E-state index is 12.9. The summed E-state index contributed by atoms with van der Waals surface area (Å²) in [5.74, 6) is -0.169. The Morgan fingerprint density at radius 2 is 1.86 bits per heavy atom. The highest BCUT2D eigenvalue weighted by molar-refractivity contribution is 5.77. The Balaban J connectivity index is 1.68. The first kappa shape index (κ1) is 15.7. The van der Waals surface area contributed by atoms with E-state index in [9.17, 15) is 9.18 Å². The maximum Gasteiger partial charge on any atom is 0.233 e. The van der Waals surface area contributed by atoms with Gasteiger partial charge in [-0.1, -0.05) is 0 Å². The fraction of sp³-hybridized carbons (Fsp3) is 0.533. The Morgan fingerprint density at radius 3 is 2.48 bits per heavy atom. The number of benzene rings is 1. The predicted molar refractivity (Wildman–Crippen MR) is 82.0 cm³/mol. The molecule has 0 spiro atoms. The summed E-state index contributed by atoms with van der Waals surface area (Å²) in [5.41, 5.74) is 1.07. The molecule has 21 heavy (non-hydrogen) atoms. The van der Waals surface area contributed by atoms with Crippen LogP contribution in [0, 0.1) is 5.82 Å². The molecule has 0 bridgehead atoms. The van der Waals surface area contributed by atoms with Crippen LogP contribution < -0.4 is 15.5 Å². The average molecular weight is 294 g/mol. The molecule has 2 rings (SSSR count). The monoisotopic (exact) mass is 294 g/mol. The Morgan fingerprint density at radius 1 is 1.19 bits per heavy atom. The molecule has 1 aliphatic heterocycles. The van der Waals surface area contributed by atoms with E-state index in [0.29, 0.717) is 13.1 Å². The molecule has 0 aromatic heterocycles. The molecule has 2 N–H and O–H groups in total. The van der Waals surface area contributed by atoms with Gasteiger partial charge in [-0.05, 0) is 31.3 Å². The van der Waals surface area contributed by atoms with Crippen molar-refractivity contribution in [1.82, 2.24) is 15.5 Å². The van der Waals surface area contributed by atoms with Crippen LogP contribution in [0.1, 0.15) is 0 Å². The SMILES string of the molecule is CNCC(=O)NCCN1CCN(c2ccc(F)cc2)CC1. The van der Waals surface area contributed by atoms with Crippen LogP contribution in [-0.2, 0) is 4.79 Å². The summed E-state index contributed by atoms with van der Waals surface area (Å²) in [5, 5.41) is 5.71. The maximum absolute atomic E-state index is 12.9. The quantitative estimate of drug-likeness (QED) is 0.791. The Labute approximate surface area is 125 Å². The number of piperazine rings is 1. The van der Waals surface area contributed by atoms with Crippen LogP contribution >= 0.6 is 0 Å². The van der Waals surface area contributed by atoms with Crippen LogP contribution in [0.3, 0.4) is 0 Å². The van der Waals surface area contributed by atoms with Gasteiger partial charge in [-0.2, -0.15) is 0 Å². The van der Waals surface area contributed by atoms with Crippen molar-refractivity contribution in [3.8, 4) is 0 Å². The normalized spacial score (nSPS) is 16.0. The van der Waals surface area contributed by atoms with Crippen molar-refractivity contribution < 1.29 is 9.18 Å². The largest absolute Gasteiger partial charge is 0.369 e. The Bertz CT molecular complexity index is 443. The number of carbonyl (C=O) groups excluding carboxylic acids is 1. The number of hydrogen-bond acceptors (Lipinski definition) is 4. The first-order valence-electron chi connectivity index (χ1n) is 7.33. The molecule has 0 atom stereocenters. The van der Waals surface area contributed by atoms with E-state index in [-0.39, 0.29) is 11.7 Å². The third kappa shape index (κ3) is 4.99. The molecule has 1 aliphatic rings. The minimum absolute atomic E-state index is 0.0300. The lowest BCUT2D eigenvalue weighted by molar-refractivity contribution is -0.120. The first-order valence-corrected chi connectivity index (χ1v) is 7.33. The van der Waals surface area contributed by atoms with Crippen LogP contribution in [0.5, 0.6) is 0 Å². The number of carbonyl (C=O) groups is 1. The summed E-state index contributed by atoms with van der Waals surface area (Å²) in [6.07, 6.45) is 0. The van der Waals surface area contributed by atoms with Gasteiger partial charge in [0.15, 0.2) is 0 Å². The zero-order chi connectivity index (χ0) is 15.1. The van der Waals surface area contributed by atoms with E-state index in [1.807, 2.05) is 12.1 Å². The van der Waals surface area contributed by atoms with E-state index < -0.39 is 0 Å². The molecular weight excluding hydrogens is 271 g/mol. The topological polar surface area (TPSA) is 47.6 Å². The lowest BCUT2D eigenvalue weighted by Crippen LogP contribution is -2.48. The van der Waals surface area contributed by atoms with E-state index in [1.54, 1.807) is 7.05 Å². The fourth-order valence-electron chi connectivity index (χ4n) is 2.46. The van der Waals surface area contributed by atoms with Crippen molar-refractivity contribution in [3.05, 3.63) is 30.1 Å². The average Bonchev–Trinajstić information content (AvgIpc) is 2.49. The smallest absolute Gasteiger partial charge is 0.233 e. The molecule has 116 valence electrons. The number of hydrogen-bond donors (Lipinski definition) is 2. The van der Waals surface area contributed by atoms with Gasteiger partial charge < -0.3 is 15.5 Å². The minimum atomic E-state index is -0.199. The van der Waals surface area contributed by atoms with Crippen LogP contribution in [0.2, 0.25) is 0 Å². The van der Waals surface area contributed by atoms with Crippen molar-refractivity contribution in [1.29, 1.82) is 0 Å². The number of anilines is 1. The highest BCUT2D eigenvalue weighted by Crippen LogP contribution is 2.16. The van der Waals surface area contributed by atoms with Crippen molar-refractivity contribution in [2.45, 2.75) is 0 Å². The van der Waals surface area contributed by atoms with Crippen LogP contribution in [-0.4, -0.2) is 63.7 Å². The van der Waals surface area contributed by atoms with Gasteiger partial charge in [-0.25, -0.2) is 4.39 Å². The summed E-state index contributed by atoms with van der Waals surface area (Å²) in [6.45, 7) is 5.67. The molecule has 0 unspecified atom stereocenters. The Kier molecular flexibility index (Phi) is 5.95. The molecule has 1 heterocycles.